The van der Waals surface area contributed by atoms with Crippen molar-refractivity contribution >= 4 is 21.8 Å². The molecule has 7 heteroatoms. The Morgan fingerprint density at radius 1 is 1.32 bits per heavy atom. The highest BCUT2D eigenvalue weighted by Crippen LogP contribution is 2.21. The molecule has 0 fully saturated rings. The Morgan fingerprint density at radius 2 is 1.84 bits per heavy atom. The van der Waals surface area contributed by atoms with Gasteiger partial charge in [0.05, 0.1) is 0 Å². The van der Waals surface area contributed by atoms with E-state index in [2.05, 4.69) is 4.99 Å². The predicted octanol–water partition coefficient (Wildman–Crippen LogP) is 1.57. The first-order valence-corrected chi connectivity index (χ1v) is 7.01. The molecule has 0 spiro atoms. The summed E-state index contributed by atoms with van der Waals surface area (Å²) in [7, 11) is -4.86. The molecule has 0 radical (unpaired) electrons. The average molecular weight is 285 g/mol. The van der Waals surface area contributed by atoms with Crippen molar-refractivity contribution in [2.24, 2.45) is 4.99 Å². The van der Waals surface area contributed by atoms with Gasteiger partial charge in [-0.3, -0.25) is 9.55 Å². The van der Waals surface area contributed by atoms with E-state index in [1.807, 2.05) is 0 Å². The second-order valence-electron chi connectivity index (χ2n) is 4.04. The predicted molar refractivity (Wildman–Crippen MR) is 70.9 cm³/mol. The molecule has 0 heterocycles. The lowest BCUT2D eigenvalue weighted by Gasteiger charge is -2.18. The van der Waals surface area contributed by atoms with Crippen molar-refractivity contribution in [3.05, 3.63) is 35.9 Å². The van der Waals surface area contributed by atoms with Crippen LogP contribution in [0, 0.1) is 0 Å². The van der Waals surface area contributed by atoms with Crippen LogP contribution in [0.25, 0.3) is 0 Å². The van der Waals surface area contributed by atoms with Gasteiger partial charge in [-0.2, -0.15) is 8.42 Å². The van der Waals surface area contributed by atoms with E-state index < -0.39 is 21.0 Å². The number of aliphatic carboxylic acids is 1. The molecule has 0 aromatic heterocycles. The quantitative estimate of drug-likeness (QED) is 0.631. The zero-order chi connectivity index (χ0) is 14.7. The molecule has 0 amide bonds. The molecule has 104 valence electrons. The van der Waals surface area contributed by atoms with Gasteiger partial charge in [0.15, 0.2) is 0 Å². The van der Waals surface area contributed by atoms with Gasteiger partial charge in [0.1, 0.15) is 0 Å². The minimum atomic E-state index is -4.86. The smallest absolute Gasteiger partial charge is 0.349 e. The van der Waals surface area contributed by atoms with Gasteiger partial charge in [0.2, 0.25) is 0 Å². The van der Waals surface area contributed by atoms with Gasteiger partial charge in [0.25, 0.3) is 4.87 Å². The fraction of sp³-hybridized carbons (Fsp3) is 0.333. The van der Waals surface area contributed by atoms with Crippen molar-refractivity contribution in [1.29, 1.82) is 0 Å². The molecular weight excluding hydrogens is 270 g/mol. The van der Waals surface area contributed by atoms with Crippen LogP contribution < -0.4 is 0 Å². The average Bonchev–Trinajstić information content (AvgIpc) is 2.35. The van der Waals surface area contributed by atoms with E-state index in [1.165, 1.54) is 0 Å². The van der Waals surface area contributed by atoms with Gasteiger partial charge in [-0.1, -0.05) is 37.3 Å². The van der Waals surface area contributed by atoms with Gasteiger partial charge in [-0.15, -0.1) is 0 Å². The highest BCUT2D eigenvalue weighted by molar-refractivity contribution is 7.88. The van der Waals surface area contributed by atoms with Crippen molar-refractivity contribution in [1.82, 2.24) is 0 Å². The fourth-order valence-electron chi connectivity index (χ4n) is 1.45. The molecule has 1 atom stereocenters. The summed E-state index contributed by atoms with van der Waals surface area (Å²) in [4.78, 5) is 12.2. The van der Waals surface area contributed by atoms with E-state index in [1.54, 1.807) is 37.3 Å². The minimum absolute atomic E-state index is 0.295. The molecular formula is C12H15NO5S. The Balaban J connectivity index is 3.41. The van der Waals surface area contributed by atoms with E-state index in [0.717, 1.165) is 6.92 Å². The molecule has 0 aliphatic heterocycles. The highest BCUT2D eigenvalue weighted by Gasteiger charge is 2.46. The van der Waals surface area contributed by atoms with Crippen LogP contribution in [-0.4, -0.2) is 34.6 Å². The number of hydrogen-bond acceptors (Lipinski definition) is 4. The Hall–Kier alpha value is -1.73. The van der Waals surface area contributed by atoms with Crippen molar-refractivity contribution in [2.75, 3.05) is 0 Å². The van der Waals surface area contributed by atoms with E-state index in [9.17, 15) is 13.2 Å². The second kappa shape index (κ2) is 5.50. The first-order chi connectivity index (χ1) is 8.72. The Morgan fingerprint density at radius 3 is 2.21 bits per heavy atom. The van der Waals surface area contributed by atoms with Gasteiger partial charge in [-0.05, 0) is 18.9 Å². The van der Waals surface area contributed by atoms with Crippen LogP contribution in [0.15, 0.2) is 35.3 Å². The van der Waals surface area contributed by atoms with Crippen molar-refractivity contribution in [3.8, 4) is 0 Å². The molecule has 0 saturated heterocycles. The maximum atomic E-state index is 11.2. The molecule has 0 unspecified atom stereocenters. The van der Waals surface area contributed by atoms with Crippen LogP contribution in [0.2, 0.25) is 0 Å². The van der Waals surface area contributed by atoms with Crippen LogP contribution in [0.5, 0.6) is 0 Å². The van der Waals surface area contributed by atoms with Gasteiger partial charge >= 0.3 is 16.1 Å². The summed E-state index contributed by atoms with van der Waals surface area (Å²) in [5.41, 5.74) is 0.907. The molecule has 0 saturated carbocycles. The minimum Gasteiger partial charge on any atom is -0.479 e. The van der Waals surface area contributed by atoms with Crippen molar-refractivity contribution < 1.29 is 22.9 Å². The second-order valence-corrected chi connectivity index (χ2v) is 5.79. The summed E-state index contributed by atoms with van der Waals surface area (Å²) >= 11 is 0. The van der Waals surface area contributed by atoms with E-state index in [4.69, 9.17) is 9.66 Å². The fourth-order valence-corrected chi connectivity index (χ4v) is 1.90. The number of carboxylic acid groups (broad SMARTS) is 1. The van der Waals surface area contributed by atoms with Gasteiger partial charge in [-0.25, -0.2) is 4.79 Å². The number of carboxylic acids is 1. The first kappa shape index (κ1) is 15.3. The van der Waals surface area contributed by atoms with E-state index >= 15 is 0 Å². The van der Waals surface area contributed by atoms with Crippen LogP contribution in [0.3, 0.4) is 0 Å². The van der Waals surface area contributed by atoms with E-state index in [0.29, 0.717) is 17.7 Å². The molecule has 2 N–H and O–H groups in total. The Labute approximate surface area is 111 Å². The van der Waals surface area contributed by atoms with Crippen LogP contribution in [0.4, 0.5) is 0 Å². The third-order valence-corrected chi connectivity index (χ3v) is 3.96. The molecule has 1 rings (SSSR count). The standard InChI is InChI=1S/C12H15NO5S/c1-3-10(9-7-5-4-6-8-9)13-12(2,11(14)15)19(16,17)18/h4-8H,3H2,1-2H3,(H,14,15)(H,16,17,18)/t12-/m1/s1. The zero-order valence-electron chi connectivity index (χ0n) is 10.6. The number of aliphatic imine (C=N–C) groups is 1. The molecule has 0 bridgehead atoms. The first-order valence-electron chi connectivity index (χ1n) is 5.57. The normalized spacial score (nSPS) is 15.8. The molecule has 19 heavy (non-hydrogen) atoms. The number of rotatable bonds is 5. The molecule has 1 aromatic carbocycles. The Bertz CT molecular complexity index is 594. The molecule has 0 aliphatic rings. The lowest BCUT2D eigenvalue weighted by atomic mass is 10.1. The topological polar surface area (TPSA) is 104 Å². The summed E-state index contributed by atoms with van der Waals surface area (Å²) < 4.78 is 31.6. The summed E-state index contributed by atoms with van der Waals surface area (Å²) in [6, 6.07) is 8.61. The third kappa shape index (κ3) is 3.18. The number of carbonyl (C=O) groups is 1. The third-order valence-electron chi connectivity index (χ3n) is 2.69. The summed E-state index contributed by atoms with van der Waals surface area (Å²) in [5, 5.41) is 9.01. The number of benzene rings is 1. The van der Waals surface area contributed by atoms with E-state index in [-0.39, 0.29) is 0 Å². The number of nitrogens with zero attached hydrogens (tertiary/aromatic N) is 1. The van der Waals surface area contributed by atoms with Gasteiger partial charge < -0.3 is 5.11 Å². The molecule has 6 nitrogen and oxygen atoms in total. The van der Waals surface area contributed by atoms with Crippen LogP contribution >= 0.6 is 0 Å². The molecule has 0 aliphatic carbocycles. The monoisotopic (exact) mass is 285 g/mol. The lowest BCUT2D eigenvalue weighted by molar-refractivity contribution is -0.139. The van der Waals surface area contributed by atoms with Gasteiger partial charge in [0, 0.05) is 5.71 Å². The maximum Gasteiger partial charge on any atom is 0.349 e. The summed E-state index contributed by atoms with van der Waals surface area (Å²) in [5.74, 6) is -1.73. The summed E-state index contributed by atoms with van der Waals surface area (Å²) in [6.45, 7) is 2.57. The zero-order valence-corrected chi connectivity index (χ0v) is 11.4. The number of hydrogen-bond donors (Lipinski definition) is 2. The SMILES string of the molecule is CCC(=N[C@@](C)(C(=O)O)S(=O)(=O)O)c1ccccc1. The highest BCUT2D eigenvalue weighted by atomic mass is 32.2. The maximum absolute atomic E-state index is 11.2. The molecule has 1 aromatic rings. The van der Waals surface area contributed by atoms with Crippen molar-refractivity contribution in [2.45, 2.75) is 25.1 Å². The van der Waals surface area contributed by atoms with Crippen LogP contribution in [-0.2, 0) is 14.9 Å². The Kier molecular flexibility index (Phi) is 4.43. The summed E-state index contributed by atoms with van der Waals surface area (Å²) in [6.07, 6.45) is 0.336. The largest absolute Gasteiger partial charge is 0.479 e. The van der Waals surface area contributed by atoms with Crippen molar-refractivity contribution in [3.63, 3.8) is 0 Å². The lowest BCUT2D eigenvalue weighted by Crippen LogP contribution is -2.42. The van der Waals surface area contributed by atoms with Crippen LogP contribution in [0.1, 0.15) is 25.8 Å².